The molecule has 20 heavy (non-hydrogen) atoms. The van der Waals surface area contributed by atoms with Crippen molar-refractivity contribution in [3.05, 3.63) is 52.4 Å². The molecular weight excluding hydrogens is 336 g/mol. The van der Waals surface area contributed by atoms with Gasteiger partial charge in [-0.1, -0.05) is 15.9 Å². The van der Waals surface area contributed by atoms with Crippen LogP contribution >= 0.6 is 27.3 Å². The van der Waals surface area contributed by atoms with Gasteiger partial charge in [0.25, 0.3) is 0 Å². The lowest BCUT2D eigenvalue weighted by Gasteiger charge is -2.08. The Balaban J connectivity index is 1.50. The lowest BCUT2D eigenvalue weighted by atomic mass is 10.3. The van der Waals surface area contributed by atoms with Gasteiger partial charge in [-0.25, -0.2) is 4.98 Å². The van der Waals surface area contributed by atoms with Crippen LogP contribution in [0.1, 0.15) is 0 Å². The van der Waals surface area contributed by atoms with E-state index in [0.717, 1.165) is 28.0 Å². The van der Waals surface area contributed by atoms with E-state index in [4.69, 9.17) is 4.74 Å². The molecule has 1 heterocycles. The molecule has 0 radical (unpaired) electrons. The number of aromatic nitrogens is 1. The van der Waals surface area contributed by atoms with E-state index in [9.17, 15) is 0 Å². The molecule has 3 aromatic rings. The zero-order valence-corrected chi connectivity index (χ0v) is 13.1. The number of halogens is 1. The second-order valence-electron chi connectivity index (χ2n) is 4.26. The van der Waals surface area contributed by atoms with Crippen molar-refractivity contribution in [3.63, 3.8) is 0 Å². The molecule has 0 fully saturated rings. The van der Waals surface area contributed by atoms with Gasteiger partial charge < -0.3 is 10.1 Å². The van der Waals surface area contributed by atoms with Crippen LogP contribution in [-0.4, -0.2) is 18.1 Å². The van der Waals surface area contributed by atoms with Crippen LogP contribution in [0, 0.1) is 0 Å². The predicted molar refractivity (Wildman–Crippen MR) is 87.7 cm³/mol. The summed E-state index contributed by atoms with van der Waals surface area (Å²) in [5.74, 6) is 0.882. The monoisotopic (exact) mass is 348 g/mol. The predicted octanol–water partition coefficient (Wildman–Crippen LogP) is 4.55. The maximum atomic E-state index is 5.66. The molecule has 0 atom stereocenters. The first-order valence-corrected chi connectivity index (χ1v) is 7.94. The number of rotatable bonds is 5. The van der Waals surface area contributed by atoms with Gasteiger partial charge >= 0.3 is 0 Å². The topological polar surface area (TPSA) is 34.1 Å². The maximum absolute atomic E-state index is 5.66. The van der Waals surface area contributed by atoms with Crippen LogP contribution in [-0.2, 0) is 0 Å². The van der Waals surface area contributed by atoms with Gasteiger partial charge in [-0.2, -0.15) is 0 Å². The minimum atomic E-state index is 0.627. The molecule has 1 N–H and O–H groups in total. The standard InChI is InChI=1S/C15H13BrN2OS/c16-11-1-4-13(5-2-11)19-8-7-17-12-3-6-14-15(9-12)20-10-18-14/h1-6,9-10,17H,7-8H2. The third-order valence-electron chi connectivity index (χ3n) is 2.84. The van der Waals surface area contributed by atoms with Crippen molar-refractivity contribution >= 4 is 43.2 Å². The average molecular weight is 349 g/mol. The van der Waals surface area contributed by atoms with Crippen LogP contribution in [0.15, 0.2) is 52.4 Å². The van der Waals surface area contributed by atoms with Crippen molar-refractivity contribution in [2.75, 3.05) is 18.5 Å². The van der Waals surface area contributed by atoms with Crippen LogP contribution < -0.4 is 10.1 Å². The minimum absolute atomic E-state index is 0.627. The highest BCUT2D eigenvalue weighted by Gasteiger charge is 1.99. The Labute approximate surface area is 129 Å². The Morgan fingerprint density at radius 3 is 2.85 bits per heavy atom. The van der Waals surface area contributed by atoms with E-state index in [0.29, 0.717) is 6.61 Å². The van der Waals surface area contributed by atoms with Gasteiger partial charge in [0.1, 0.15) is 12.4 Å². The highest BCUT2D eigenvalue weighted by atomic mass is 79.9. The molecule has 0 aliphatic rings. The highest BCUT2D eigenvalue weighted by Crippen LogP contribution is 2.21. The number of thiazole rings is 1. The Morgan fingerprint density at radius 2 is 2.00 bits per heavy atom. The van der Waals surface area contributed by atoms with Gasteiger partial charge in [0.15, 0.2) is 0 Å². The summed E-state index contributed by atoms with van der Waals surface area (Å²) in [5.41, 5.74) is 4.01. The Bertz CT molecular complexity index is 696. The van der Waals surface area contributed by atoms with Crippen molar-refractivity contribution in [2.24, 2.45) is 0 Å². The summed E-state index contributed by atoms with van der Waals surface area (Å²) >= 11 is 5.05. The molecular formula is C15H13BrN2OS. The molecule has 1 aromatic heterocycles. The smallest absolute Gasteiger partial charge is 0.119 e. The van der Waals surface area contributed by atoms with Gasteiger partial charge in [0.05, 0.1) is 15.7 Å². The normalized spacial score (nSPS) is 10.7. The van der Waals surface area contributed by atoms with E-state index in [2.05, 4.69) is 32.3 Å². The molecule has 0 saturated carbocycles. The first kappa shape index (κ1) is 13.4. The molecule has 0 saturated heterocycles. The molecule has 0 aliphatic carbocycles. The minimum Gasteiger partial charge on any atom is -0.492 e. The Hall–Kier alpha value is -1.59. The first-order valence-electron chi connectivity index (χ1n) is 6.27. The van der Waals surface area contributed by atoms with E-state index < -0.39 is 0 Å². The fourth-order valence-corrected chi connectivity index (χ4v) is 2.84. The highest BCUT2D eigenvalue weighted by molar-refractivity contribution is 9.10. The number of nitrogens with one attached hydrogen (secondary N) is 1. The summed E-state index contributed by atoms with van der Waals surface area (Å²) in [6, 6.07) is 14.0. The number of anilines is 1. The fourth-order valence-electron chi connectivity index (χ4n) is 1.86. The van der Waals surface area contributed by atoms with E-state index in [1.807, 2.05) is 41.9 Å². The van der Waals surface area contributed by atoms with Crippen molar-refractivity contribution in [3.8, 4) is 5.75 Å². The van der Waals surface area contributed by atoms with Crippen LogP contribution in [0.4, 0.5) is 5.69 Å². The van der Waals surface area contributed by atoms with E-state index >= 15 is 0 Å². The lowest BCUT2D eigenvalue weighted by Crippen LogP contribution is -2.11. The van der Waals surface area contributed by atoms with Crippen LogP contribution in [0.25, 0.3) is 10.2 Å². The van der Waals surface area contributed by atoms with Gasteiger partial charge in [-0.15, -0.1) is 11.3 Å². The molecule has 102 valence electrons. The number of hydrogen-bond acceptors (Lipinski definition) is 4. The van der Waals surface area contributed by atoms with Gasteiger partial charge in [0, 0.05) is 16.7 Å². The van der Waals surface area contributed by atoms with E-state index in [-0.39, 0.29) is 0 Å². The molecule has 3 rings (SSSR count). The summed E-state index contributed by atoms with van der Waals surface area (Å²) in [6.07, 6.45) is 0. The third-order valence-corrected chi connectivity index (χ3v) is 4.17. The van der Waals surface area contributed by atoms with E-state index in [1.54, 1.807) is 11.3 Å². The maximum Gasteiger partial charge on any atom is 0.119 e. The Kier molecular flexibility index (Phi) is 4.18. The average Bonchev–Trinajstić information content (AvgIpc) is 2.93. The van der Waals surface area contributed by atoms with Gasteiger partial charge in [-0.3, -0.25) is 0 Å². The zero-order chi connectivity index (χ0) is 13.8. The Morgan fingerprint density at radius 1 is 1.15 bits per heavy atom. The molecule has 0 spiro atoms. The van der Waals surface area contributed by atoms with Crippen molar-refractivity contribution in [1.29, 1.82) is 0 Å². The van der Waals surface area contributed by atoms with Crippen LogP contribution in [0.2, 0.25) is 0 Å². The first-order chi connectivity index (χ1) is 9.81. The molecule has 3 nitrogen and oxygen atoms in total. The van der Waals surface area contributed by atoms with Gasteiger partial charge in [-0.05, 0) is 42.5 Å². The summed E-state index contributed by atoms with van der Waals surface area (Å²) in [7, 11) is 0. The number of ether oxygens (including phenoxy) is 1. The molecule has 0 amide bonds. The number of benzene rings is 2. The molecule has 2 aromatic carbocycles. The largest absolute Gasteiger partial charge is 0.492 e. The molecule has 5 heteroatoms. The second-order valence-corrected chi connectivity index (χ2v) is 6.07. The van der Waals surface area contributed by atoms with Crippen molar-refractivity contribution in [2.45, 2.75) is 0 Å². The summed E-state index contributed by atoms with van der Waals surface area (Å²) in [4.78, 5) is 4.27. The zero-order valence-electron chi connectivity index (χ0n) is 10.7. The SMILES string of the molecule is Brc1ccc(OCCNc2ccc3ncsc3c2)cc1. The quantitative estimate of drug-likeness (QED) is 0.686. The fraction of sp³-hybridized carbons (Fsp3) is 0.133. The number of nitrogens with zero attached hydrogens (tertiary/aromatic N) is 1. The summed E-state index contributed by atoms with van der Waals surface area (Å²) < 4.78 is 7.92. The number of hydrogen-bond donors (Lipinski definition) is 1. The molecule has 0 bridgehead atoms. The second kappa shape index (κ2) is 6.24. The molecule has 0 aliphatic heterocycles. The van der Waals surface area contributed by atoms with Crippen LogP contribution in [0.3, 0.4) is 0 Å². The molecule has 0 unspecified atom stereocenters. The van der Waals surface area contributed by atoms with Crippen LogP contribution in [0.5, 0.6) is 5.75 Å². The summed E-state index contributed by atoms with van der Waals surface area (Å²) in [5, 5.41) is 3.35. The van der Waals surface area contributed by atoms with Crippen molar-refractivity contribution in [1.82, 2.24) is 4.98 Å². The lowest BCUT2D eigenvalue weighted by molar-refractivity contribution is 0.333. The van der Waals surface area contributed by atoms with Crippen molar-refractivity contribution < 1.29 is 4.74 Å². The third kappa shape index (κ3) is 3.29. The number of fused-ring (bicyclic) bond motifs is 1. The summed E-state index contributed by atoms with van der Waals surface area (Å²) in [6.45, 7) is 1.39. The van der Waals surface area contributed by atoms with Gasteiger partial charge in [0.2, 0.25) is 0 Å². The van der Waals surface area contributed by atoms with E-state index in [1.165, 1.54) is 4.70 Å².